The van der Waals surface area contributed by atoms with Crippen molar-refractivity contribution >= 4 is 27.3 Å². The molecular weight excluding hydrogens is 509 g/mol. The largest absolute Gasteiger partial charge is 0.386 e. The standard InChI is InChI=1S/C25H21F3N4O4S/c1-24(14-2-4-15(26)5-3-14)23(29)32-25(13-36-12-21(25)37(24,34)35)18-10-17(7-8-19(18)28)31-22(33)20-9-6-16(27)11-30-20/h2-11,21H,12-13H2,1H3,(H2,29,32)(H,31,33)/t21-,24-,25-/m1/s1. The fourth-order valence-corrected chi connectivity index (χ4v) is 7.19. The minimum absolute atomic E-state index is 0.0786. The molecule has 3 aromatic rings. The number of fused-ring (bicyclic) bond motifs is 1. The summed E-state index contributed by atoms with van der Waals surface area (Å²) in [7, 11) is -4.22. The van der Waals surface area contributed by atoms with E-state index < -0.39 is 48.7 Å². The van der Waals surface area contributed by atoms with E-state index in [0.717, 1.165) is 30.5 Å². The highest BCUT2D eigenvalue weighted by Gasteiger charge is 2.64. The van der Waals surface area contributed by atoms with Gasteiger partial charge in [0.15, 0.2) is 14.6 Å². The van der Waals surface area contributed by atoms with E-state index in [1.54, 1.807) is 0 Å². The van der Waals surface area contributed by atoms with E-state index in [2.05, 4.69) is 15.3 Å². The van der Waals surface area contributed by atoms with Crippen molar-refractivity contribution in [3.05, 3.63) is 95.1 Å². The summed E-state index contributed by atoms with van der Waals surface area (Å²) in [6, 6.07) is 10.8. The number of anilines is 1. The molecule has 0 bridgehead atoms. The maximum absolute atomic E-state index is 15.3. The number of amidine groups is 1. The summed E-state index contributed by atoms with van der Waals surface area (Å²) in [4.78, 5) is 20.8. The van der Waals surface area contributed by atoms with Crippen molar-refractivity contribution in [2.75, 3.05) is 18.5 Å². The average Bonchev–Trinajstić information content (AvgIpc) is 3.30. The van der Waals surface area contributed by atoms with Crippen LogP contribution in [0.4, 0.5) is 18.9 Å². The van der Waals surface area contributed by atoms with Gasteiger partial charge in [-0.15, -0.1) is 0 Å². The molecule has 3 atom stereocenters. The van der Waals surface area contributed by atoms with Crippen molar-refractivity contribution in [1.82, 2.24) is 4.98 Å². The van der Waals surface area contributed by atoms with E-state index in [1.807, 2.05) is 0 Å². The number of hydrogen-bond acceptors (Lipinski definition) is 7. The number of nitrogens with one attached hydrogen (secondary N) is 1. The summed E-state index contributed by atoms with van der Waals surface area (Å²) in [5.41, 5.74) is 4.70. The first-order valence-electron chi connectivity index (χ1n) is 11.1. The van der Waals surface area contributed by atoms with Gasteiger partial charge in [-0.1, -0.05) is 12.1 Å². The maximum Gasteiger partial charge on any atom is 0.274 e. The highest BCUT2D eigenvalue weighted by atomic mass is 32.2. The second-order valence-electron chi connectivity index (χ2n) is 9.02. The van der Waals surface area contributed by atoms with Gasteiger partial charge >= 0.3 is 0 Å². The number of aliphatic imine (C=N–C) groups is 1. The predicted octanol–water partition coefficient (Wildman–Crippen LogP) is 3.05. The summed E-state index contributed by atoms with van der Waals surface area (Å²) in [5.74, 6) is -2.92. The van der Waals surface area contributed by atoms with Gasteiger partial charge in [-0.25, -0.2) is 26.6 Å². The highest BCUT2D eigenvalue weighted by Crippen LogP contribution is 2.50. The third-order valence-electron chi connectivity index (χ3n) is 6.92. The van der Waals surface area contributed by atoms with Gasteiger partial charge in [0.2, 0.25) is 0 Å². The number of aromatic nitrogens is 1. The Morgan fingerprint density at radius 3 is 2.46 bits per heavy atom. The number of rotatable bonds is 4. The first-order chi connectivity index (χ1) is 17.5. The summed E-state index contributed by atoms with van der Waals surface area (Å²) in [6.45, 7) is 0.829. The van der Waals surface area contributed by atoms with E-state index in [9.17, 15) is 22.0 Å². The Bertz CT molecular complexity index is 1530. The average molecular weight is 531 g/mol. The number of hydrogen-bond donors (Lipinski definition) is 2. The Hall–Kier alpha value is -3.77. The number of benzene rings is 2. The quantitative estimate of drug-likeness (QED) is 0.535. The van der Waals surface area contributed by atoms with Crippen LogP contribution >= 0.6 is 0 Å². The summed E-state index contributed by atoms with van der Waals surface area (Å²) in [5, 5.41) is 1.23. The highest BCUT2D eigenvalue weighted by molar-refractivity contribution is 7.94. The van der Waals surface area contributed by atoms with Crippen molar-refractivity contribution < 1.29 is 31.1 Å². The van der Waals surface area contributed by atoms with E-state index in [-0.39, 0.29) is 41.6 Å². The summed E-state index contributed by atoms with van der Waals surface area (Å²) >= 11 is 0. The maximum atomic E-state index is 15.3. The molecule has 1 amide bonds. The summed E-state index contributed by atoms with van der Waals surface area (Å²) in [6.07, 6.45) is 0.882. The fourth-order valence-electron chi connectivity index (χ4n) is 4.79. The van der Waals surface area contributed by atoms with Gasteiger partial charge < -0.3 is 15.8 Å². The van der Waals surface area contributed by atoms with E-state index in [0.29, 0.717) is 0 Å². The second-order valence-corrected chi connectivity index (χ2v) is 11.5. The van der Waals surface area contributed by atoms with Crippen LogP contribution in [0.15, 0.2) is 65.8 Å². The number of ether oxygens (including phenoxy) is 1. The SMILES string of the molecule is C[C@@]1(c2ccc(F)cc2)C(N)=N[C@@]2(c3cc(NC(=O)c4ccc(F)cn4)ccc3F)COC[C@H]2S1(=O)=O. The number of pyridine rings is 1. The molecule has 1 fully saturated rings. The Labute approximate surface area is 210 Å². The van der Waals surface area contributed by atoms with Crippen LogP contribution in [0.2, 0.25) is 0 Å². The van der Waals surface area contributed by atoms with Gasteiger partial charge in [-0.2, -0.15) is 0 Å². The van der Waals surface area contributed by atoms with E-state index >= 15 is 4.39 Å². The normalized spacial score (nSPS) is 26.3. The Morgan fingerprint density at radius 2 is 1.78 bits per heavy atom. The molecule has 0 radical (unpaired) electrons. The number of nitrogens with two attached hydrogens (primary N) is 1. The van der Waals surface area contributed by atoms with Gasteiger partial charge in [0.1, 0.15) is 39.8 Å². The topological polar surface area (TPSA) is 124 Å². The number of carbonyl (C=O) groups is 1. The molecule has 8 nitrogen and oxygen atoms in total. The number of amides is 1. The third kappa shape index (κ3) is 3.78. The molecular formula is C25H21F3N4O4S. The van der Waals surface area contributed by atoms with Gasteiger partial charge in [0.05, 0.1) is 19.4 Å². The van der Waals surface area contributed by atoms with Crippen molar-refractivity contribution in [3.8, 4) is 0 Å². The summed E-state index contributed by atoms with van der Waals surface area (Å²) < 4.78 is 73.7. The molecule has 12 heteroatoms. The zero-order chi connectivity index (χ0) is 26.6. The molecule has 1 saturated heterocycles. The number of sulfone groups is 1. The van der Waals surface area contributed by atoms with Crippen LogP contribution in [0.3, 0.4) is 0 Å². The molecule has 3 N–H and O–H groups in total. The Kier molecular flexibility index (Phi) is 5.83. The van der Waals surface area contributed by atoms with Gasteiger partial charge in [-0.3, -0.25) is 9.79 Å². The first kappa shape index (κ1) is 24.9. The van der Waals surface area contributed by atoms with Crippen LogP contribution in [0.25, 0.3) is 0 Å². The zero-order valence-electron chi connectivity index (χ0n) is 19.4. The van der Waals surface area contributed by atoms with Crippen molar-refractivity contribution in [1.29, 1.82) is 0 Å². The lowest BCUT2D eigenvalue weighted by atomic mass is 9.87. The van der Waals surface area contributed by atoms with Crippen LogP contribution in [-0.2, 0) is 24.9 Å². The lowest BCUT2D eigenvalue weighted by Crippen LogP contribution is -2.60. The molecule has 2 aromatic carbocycles. The molecule has 37 heavy (non-hydrogen) atoms. The van der Waals surface area contributed by atoms with E-state index in [4.69, 9.17) is 10.5 Å². The lowest BCUT2D eigenvalue weighted by molar-refractivity contribution is 0.102. The molecule has 1 aromatic heterocycles. The van der Waals surface area contributed by atoms with Gasteiger partial charge in [-0.05, 0) is 55.0 Å². The molecule has 5 rings (SSSR count). The predicted molar refractivity (Wildman–Crippen MR) is 129 cm³/mol. The number of carbonyl (C=O) groups excluding carboxylic acids is 1. The van der Waals surface area contributed by atoms with Crippen LogP contribution in [0.1, 0.15) is 28.5 Å². The molecule has 0 spiro atoms. The fraction of sp³-hybridized carbons (Fsp3) is 0.240. The van der Waals surface area contributed by atoms with Crippen molar-refractivity contribution in [3.63, 3.8) is 0 Å². The Balaban J connectivity index is 1.60. The minimum atomic E-state index is -4.22. The van der Waals surface area contributed by atoms with Crippen LogP contribution < -0.4 is 11.1 Å². The molecule has 3 heterocycles. The molecule has 0 unspecified atom stereocenters. The third-order valence-corrected chi connectivity index (χ3v) is 9.78. The number of nitrogens with zero attached hydrogens (tertiary/aromatic N) is 2. The second kappa shape index (κ2) is 8.67. The Morgan fingerprint density at radius 1 is 1.08 bits per heavy atom. The van der Waals surface area contributed by atoms with Crippen LogP contribution in [0.5, 0.6) is 0 Å². The first-order valence-corrected chi connectivity index (χ1v) is 12.7. The number of halogens is 3. The minimum Gasteiger partial charge on any atom is -0.386 e. The molecule has 0 saturated carbocycles. The molecule has 0 aliphatic carbocycles. The van der Waals surface area contributed by atoms with Crippen molar-refractivity contribution in [2.45, 2.75) is 22.5 Å². The lowest BCUT2D eigenvalue weighted by Gasteiger charge is -2.43. The van der Waals surface area contributed by atoms with Gasteiger partial charge in [0, 0.05) is 11.3 Å². The van der Waals surface area contributed by atoms with Gasteiger partial charge in [0.25, 0.3) is 5.91 Å². The van der Waals surface area contributed by atoms with Crippen molar-refractivity contribution in [2.24, 2.45) is 10.7 Å². The molecule has 192 valence electrons. The molecule has 2 aliphatic rings. The van der Waals surface area contributed by atoms with E-state index in [1.165, 1.54) is 37.3 Å². The monoisotopic (exact) mass is 530 g/mol. The zero-order valence-corrected chi connectivity index (χ0v) is 20.2. The van der Waals surface area contributed by atoms with Crippen LogP contribution in [-0.4, -0.2) is 43.6 Å². The molecule has 2 aliphatic heterocycles. The smallest absolute Gasteiger partial charge is 0.274 e. The van der Waals surface area contributed by atoms with Crippen LogP contribution in [0, 0.1) is 17.5 Å².